The number of pyridine rings is 1. The molecular formula is C21H16IrN3O-. The summed E-state index contributed by atoms with van der Waals surface area (Å²) in [5.41, 5.74) is 7.34. The molecule has 0 saturated heterocycles. The number of aryl methyl sites for hydroxylation is 3. The predicted octanol–water partition coefficient (Wildman–Crippen LogP) is 5.02. The third kappa shape index (κ3) is 2.24. The first-order valence-corrected chi connectivity index (χ1v) is 8.28. The van der Waals surface area contributed by atoms with Crippen LogP contribution < -0.4 is 0 Å². The summed E-state index contributed by atoms with van der Waals surface area (Å²) in [5, 5.41) is 6.62. The molecule has 0 atom stereocenters. The molecule has 0 aliphatic carbocycles. The van der Waals surface area contributed by atoms with Crippen molar-refractivity contribution in [3.8, 4) is 11.1 Å². The van der Waals surface area contributed by atoms with Crippen molar-refractivity contribution in [2.24, 2.45) is 0 Å². The minimum absolute atomic E-state index is 0. The summed E-state index contributed by atoms with van der Waals surface area (Å²) in [6.07, 6.45) is 1.60. The van der Waals surface area contributed by atoms with E-state index in [1.807, 2.05) is 11.4 Å². The number of hydrogen-bond donors (Lipinski definition) is 0. The first-order valence-electron chi connectivity index (χ1n) is 8.28. The molecule has 26 heavy (non-hydrogen) atoms. The average Bonchev–Trinajstić information content (AvgIpc) is 3.20. The fourth-order valence-electron chi connectivity index (χ4n) is 3.78. The third-order valence-corrected chi connectivity index (χ3v) is 4.80. The van der Waals surface area contributed by atoms with Crippen molar-refractivity contribution in [3.05, 3.63) is 65.7 Å². The van der Waals surface area contributed by atoms with E-state index < -0.39 is 0 Å². The fraction of sp³-hybridized carbons (Fsp3) is 0.143. The zero-order valence-electron chi connectivity index (χ0n) is 14.6. The van der Waals surface area contributed by atoms with Crippen molar-refractivity contribution in [2.45, 2.75) is 20.8 Å². The Labute approximate surface area is 164 Å². The van der Waals surface area contributed by atoms with E-state index in [9.17, 15) is 0 Å². The Bertz CT molecular complexity index is 1260. The molecule has 0 spiro atoms. The van der Waals surface area contributed by atoms with Gasteiger partial charge in [0, 0.05) is 31.1 Å². The maximum Gasteiger partial charge on any atom is 0.159 e. The molecule has 0 aliphatic heterocycles. The molecule has 0 aliphatic rings. The maximum absolute atomic E-state index is 5.85. The van der Waals surface area contributed by atoms with Crippen molar-refractivity contribution >= 4 is 27.5 Å². The van der Waals surface area contributed by atoms with Gasteiger partial charge in [0.25, 0.3) is 0 Å². The van der Waals surface area contributed by atoms with E-state index in [4.69, 9.17) is 4.42 Å². The molecule has 0 unspecified atom stereocenters. The van der Waals surface area contributed by atoms with Crippen LogP contribution in [0.4, 0.5) is 0 Å². The Morgan fingerprint density at radius 1 is 1.00 bits per heavy atom. The minimum Gasteiger partial charge on any atom is -0.567 e. The number of furan rings is 1. The number of rotatable bonds is 1. The molecule has 0 saturated carbocycles. The van der Waals surface area contributed by atoms with Gasteiger partial charge in [0.15, 0.2) is 5.65 Å². The molecule has 5 aromatic rings. The van der Waals surface area contributed by atoms with Gasteiger partial charge in [-0.3, -0.25) is 0 Å². The second-order valence-electron chi connectivity index (χ2n) is 6.45. The van der Waals surface area contributed by atoms with Gasteiger partial charge < -0.3 is 4.42 Å². The zero-order valence-corrected chi connectivity index (χ0v) is 17.0. The summed E-state index contributed by atoms with van der Waals surface area (Å²) < 4.78 is 7.67. The summed E-state index contributed by atoms with van der Waals surface area (Å²) in [4.78, 5) is 4.64. The van der Waals surface area contributed by atoms with Crippen LogP contribution in [0.5, 0.6) is 0 Å². The summed E-state index contributed by atoms with van der Waals surface area (Å²) >= 11 is 0. The van der Waals surface area contributed by atoms with Crippen LogP contribution in [0.25, 0.3) is 38.6 Å². The first kappa shape index (κ1) is 16.9. The zero-order chi connectivity index (χ0) is 17.1. The van der Waals surface area contributed by atoms with Crippen LogP contribution in [0.1, 0.15) is 17.0 Å². The van der Waals surface area contributed by atoms with Crippen molar-refractivity contribution in [2.75, 3.05) is 0 Å². The smallest absolute Gasteiger partial charge is 0.159 e. The van der Waals surface area contributed by atoms with E-state index in [0.717, 1.165) is 38.9 Å². The Morgan fingerprint density at radius 3 is 2.50 bits per heavy atom. The van der Waals surface area contributed by atoms with Gasteiger partial charge >= 0.3 is 0 Å². The fourth-order valence-corrected chi connectivity index (χ4v) is 3.78. The summed E-state index contributed by atoms with van der Waals surface area (Å²) in [5.74, 6) is 0.737. The Kier molecular flexibility index (Phi) is 3.94. The molecular weight excluding hydrogens is 502 g/mol. The maximum atomic E-state index is 5.85. The van der Waals surface area contributed by atoms with Gasteiger partial charge in [-0.2, -0.15) is 11.2 Å². The molecule has 4 nitrogen and oxygen atoms in total. The molecule has 3 heterocycles. The van der Waals surface area contributed by atoms with Gasteiger partial charge in [0.1, 0.15) is 5.82 Å². The van der Waals surface area contributed by atoms with E-state index >= 15 is 0 Å². The van der Waals surface area contributed by atoms with Crippen LogP contribution in [-0.4, -0.2) is 14.6 Å². The van der Waals surface area contributed by atoms with Gasteiger partial charge in [0.2, 0.25) is 0 Å². The molecule has 3 aromatic heterocycles. The van der Waals surface area contributed by atoms with Crippen LogP contribution in [0.15, 0.2) is 47.1 Å². The van der Waals surface area contributed by atoms with Crippen LogP contribution in [0.3, 0.4) is 0 Å². The largest absolute Gasteiger partial charge is 0.567 e. The van der Waals surface area contributed by atoms with E-state index in [1.165, 1.54) is 16.7 Å². The molecule has 0 amide bonds. The first-order chi connectivity index (χ1) is 12.1. The number of benzene rings is 2. The van der Waals surface area contributed by atoms with Gasteiger partial charge in [-0.15, -0.1) is 0 Å². The molecule has 1 radical (unpaired) electrons. The number of nitrogens with zero attached hydrogens (tertiary/aromatic N) is 3. The second-order valence-corrected chi connectivity index (χ2v) is 6.45. The van der Waals surface area contributed by atoms with Crippen LogP contribution in [0.2, 0.25) is 0 Å². The summed E-state index contributed by atoms with van der Waals surface area (Å²) in [6, 6.07) is 15.9. The average molecular weight is 519 g/mol. The van der Waals surface area contributed by atoms with Crippen LogP contribution >= 0.6 is 0 Å². The molecule has 0 fully saturated rings. The molecule has 0 bridgehead atoms. The third-order valence-electron chi connectivity index (χ3n) is 4.80. The topological polar surface area (TPSA) is 43.3 Å². The quantitative estimate of drug-likeness (QED) is 0.293. The normalized spacial score (nSPS) is 11.3. The number of aromatic nitrogens is 3. The second kappa shape index (κ2) is 6.04. The van der Waals surface area contributed by atoms with Crippen molar-refractivity contribution in [1.82, 2.24) is 14.6 Å². The Balaban J connectivity index is 0.00000168. The molecule has 131 valence electrons. The Hall–Kier alpha value is -2.49. The van der Waals surface area contributed by atoms with Crippen molar-refractivity contribution in [1.29, 1.82) is 0 Å². The minimum atomic E-state index is 0. The van der Waals surface area contributed by atoms with Gasteiger partial charge in [-0.25, -0.2) is 9.50 Å². The summed E-state index contributed by atoms with van der Waals surface area (Å²) in [7, 11) is 0. The van der Waals surface area contributed by atoms with Crippen LogP contribution in [-0.2, 0) is 20.1 Å². The molecule has 2 aromatic carbocycles. The van der Waals surface area contributed by atoms with Gasteiger partial charge in [0.05, 0.1) is 0 Å². The van der Waals surface area contributed by atoms with E-state index in [2.05, 4.69) is 66.4 Å². The summed E-state index contributed by atoms with van der Waals surface area (Å²) in [6.45, 7) is 6.19. The molecule has 5 heteroatoms. The van der Waals surface area contributed by atoms with Gasteiger partial charge in [-0.1, -0.05) is 41.9 Å². The Morgan fingerprint density at radius 2 is 1.73 bits per heavy atom. The van der Waals surface area contributed by atoms with E-state index in [0.29, 0.717) is 0 Å². The van der Waals surface area contributed by atoms with Crippen LogP contribution in [0, 0.1) is 26.8 Å². The van der Waals surface area contributed by atoms with Crippen molar-refractivity contribution in [3.63, 3.8) is 0 Å². The standard InChI is InChI=1S/C21H16N3O.Ir/c1-12-6-4-7-13(2)18(12)15-8-5-9-16-19(15)20-17(10-11-25-20)24-21(16)22-14(3)23-24;/h4-9,11H,1-3H3;/q-1;. The molecule has 5 rings (SSSR count). The van der Waals surface area contributed by atoms with Gasteiger partial charge in [-0.05, 0) is 54.7 Å². The number of hydrogen-bond acceptors (Lipinski definition) is 3. The van der Waals surface area contributed by atoms with E-state index in [-0.39, 0.29) is 20.1 Å². The predicted molar refractivity (Wildman–Crippen MR) is 98.7 cm³/mol. The van der Waals surface area contributed by atoms with E-state index in [1.54, 1.807) is 6.26 Å². The SMILES string of the molecule is Cc1nc2c3cccc(-c4c(C)cccc4C)c3c3oc[c-]c3n2n1.[Ir]. The molecule has 0 N–H and O–H groups in total. The number of fused-ring (bicyclic) bond motifs is 6. The monoisotopic (exact) mass is 519 g/mol. The van der Waals surface area contributed by atoms with Crippen molar-refractivity contribution < 1.29 is 24.5 Å².